The first-order chi connectivity index (χ1) is 11.2. The number of thioether (sulfide) groups is 1. The van der Waals surface area contributed by atoms with Crippen LogP contribution in [0.2, 0.25) is 0 Å². The van der Waals surface area contributed by atoms with Crippen LogP contribution in [0.3, 0.4) is 0 Å². The molecule has 0 spiro atoms. The minimum atomic E-state index is -0.0779. The van der Waals surface area contributed by atoms with E-state index < -0.39 is 0 Å². The Kier molecular flexibility index (Phi) is 6.29. The van der Waals surface area contributed by atoms with Crippen LogP contribution in [0, 0.1) is 0 Å². The molecule has 1 N–H and O–H groups in total. The summed E-state index contributed by atoms with van der Waals surface area (Å²) in [4.78, 5) is 13.5. The van der Waals surface area contributed by atoms with Crippen molar-refractivity contribution in [3.8, 4) is 5.75 Å². The predicted molar refractivity (Wildman–Crippen MR) is 96.2 cm³/mol. The fourth-order valence-electron chi connectivity index (χ4n) is 2.18. The molecule has 3 nitrogen and oxygen atoms in total. The lowest BCUT2D eigenvalue weighted by atomic mass is 10.1. The number of amides is 1. The minimum Gasteiger partial charge on any atom is -0.497 e. The van der Waals surface area contributed by atoms with E-state index in [9.17, 15) is 4.79 Å². The fraction of sp³-hybridized carbons (Fsp3) is 0.211. The van der Waals surface area contributed by atoms with Gasteiger partial charge in [-0.2, -0.15) is 0 Å². The maximum absolute atomic E-state index is 12.6. The van der Waals surface area contributed by atoms with E-state index in [4.69, 9.17) is 4.74 Å². The second-order valence-corrected chi connectivity index (χ2v) is 6.13. The molecule has 0 radical (unpaired) electrons. The summed E-state index contributed by atoms with van der Waals surface area (Å²) < 4.78 is 5.15. The first-order valence-corrected chi connectivity index (χ1v) is 8.41. The zero-order valence-corrected chi connectivity index (χ0v) is 14.2. The number of carbonyl (C=O) groups excluding carboxylic acids is 1. The summed E-state index contributed by atoms with van der Waals surface area (Å²) in [6.07, 6.45) is 1.83. The molecule has 2 rings (SSSR count). The summed E-state index contributed by atoms with van der Waals surface area (Å²) in [6, 6.07) is 15.3. The van der Waals surface area contributed by atoms with Crippen molar-refractivity contribution < 1.29 is 9.53 Å². The highest BCUT2D eigenvalue weighted by molar-refractivity contribution is 7.99. The quantitative estimate of drug-likeness (QED) is 0.602. The van der Waals surface area contributed by atoms with Crippen molar-refractivity contribution in [1.82, 2.24) is 5.32 Å². The van der Waals surface area contributed by atoms with Gasteiger partial charge in [-0.15, -0.1) is 18.3 Å². The van der Waals surface area contributed by atoms with Gasteiger partial charge in [-0.25, -0.2) is 0 Å². The van der Waals surface area contributed by atoms with Gasteiger partial charge in [0.05, 0.1) is 18.7 Å². The van der Waals surface area contributed by atoms with Gasteiger partial charge >= 0.3 is 0 Å². The first-order valence-electron chi connectivity index (χ1n) is 7.43. The molecule has 0 saturated carbocycles. The average Bonchev–Trinajstić information content (AvgIpc) is 2.60. The van der Waals surface area contributed by atoms with E-state index in [0.717, 1.165) is 22.0 Å². The highest BCUT2D eigenvalue weighted by atomic mass is 32.2. The number of nitrogens with one attached hydrogen (secondary N) is 1. The van der Waals surface area contributed by atoms with E-state index in [1.54, 1.807) is 18.9 Å². The number of methoxy groups -OCH3 is 1. The van der Waals surface area contributed by atoms with E-state index in [0.29, 0.717) is 5.56 Å². The van der Waals surface area contributed by atoms with Crippen LogP contribution in [0.5, 0.6) is 5.75 Å². The van der Waals surface area contributed by atoms with Gasteiger partial charge < -0.3 is 10.1 Å². The average molecular weight is 327 g/mol. The Morgan fingerprint density at radius 3 is 2.61 bits per heavy atom. The number of benzene rings is 2. The van der Waals surface area contributed by atoms with Gasteiger partial charge in [0.1, 0.15) is 5.75 Å². The third-order valence-corrected chi connectivity index (χ3v) is 4.52. The zero-order valence-electron chi connectivity index (χ0n) is 13.4. The van der Waals surface area contributed by atoms with Gasteiger partial charge in [0.2, 0.25) is 0 Å². The van der Waals surface area contributed by atoms with Gasteiger partial charge in [0, 0.05) is 10.6 Å². The van der Waals surface area contributed by atoms with Crippen molar-refractivity contribution in [1.29, 1.82) is 0 Å². The van der Waals surface area contributed by atoms with Crippen LogP contribution in [0.25, 0.3) is 0 Å². The lowest BCUT2D eigenvalue weighted by Crippen LogP contribution is -2.27. The van der Waals surface area contributed by atoms with Crippen LogP contribution in [-0.4, -0.2) is 18.8 Å². The van der Waals surface area contributed by atoms with Crippen molar-refractivity contribution in [2.75, 3.05) is 12.9 Å². The summed E-state index contributed by atoms with van der Waals surface area (Å²) in [5.41, 5.74) is 1.73. The van der Waals surface area contributed by atoms with Gasteiger partial charge in [0.25, 0.3) is 5.91 Å². The molecule has 0 saturated heterocycles. The SMILES string of the molecule is C=CCSc1ccccc1C(=O)N[C@H](C)c1ccc(OC)cc1. The van der Waals surface area contributed by atoms with Crippen LogP contribution >= 0.6 is 11.8 Å². The van der Waals surface area contributed by atoms with Crippen LogP contribution in [0.4, 0.5) is 0 Å². The maximum Gasteiger partial charge on any atom is 0.252 e. The molecule has 4 heteroatoms. The Morgan fingerprint density at radius 2 is 1.96 bits per heavy atom. The molecule has 0 fully saturated rings. The smallest absolute Gasteiger partial charge is 0.252 e. The molecule has 0 bridgehead atoms. The van der Waals surface area contributed by atoms with Gasteiger partial charge in [0.15, 0.2) is 0 Å². The molecule has 0 aliphatic heterocycles. The lowest BCUT2D eigenvalue weighted by molar-refractivity contribution is 0.0937. The van der Waals surface area contributed by atoms with Crippen molar-refractivity contribution in [3.63, 3.8) is 0 Å². The highest BCUT2D eigenvalue weighted by Gasteiger charge is 2.14. The summed E-state index contributed by atoms with van der Waals surface area (Å²) in [5, 5.41) is 3.05. The topological polar surface area (TPSA) is 38.3 Å². The third kappa shape index (κ3) is 4.63. The Balaban J connectivity index is 2.10. The summed E-state index contributed by atoms with van der Waals surface area (Å²) >= 11 is 1.61. The molecule has 0 aliphatic rings. The molecular weight excluding hydrogens is 306 g/mol. The second kappa shape index (κ2) is 8.44. The van der Waals surface area contributed by atoms with Crippen LogP contribution in [-0.2, 0) is 0 Å². The number of rotatable bonds is 7. The highest BCUT2D eigenvalue weighted by Crippen LogP contribution is 2.24. The van der Waals surface area contributed by atoms with Gasteiger partial charge in [-0.3, -0.25) is 4.79 Å². The van der Waals surface area contributed by atoms with Crippen molar-refractivity contribution in [2.24, 2.45) is 0 Å². The van der Waals surface area contributed by atoms with Gasteiger partial charge in [-0.05, 0) is 36.8 Å². The van der Waals surface area contributed by atoms with Crippen molar-refractivity contribution in [3.05, 3.63) is 72.3 Å². The molecule has 0 aromatic heterocycles. The number of hydrogen-bond acceptors (Lipinski definition) is 3. The van der Waals surface area contributed by atoms with Crippen LogP contribution < -0.4 is 10.1 Å². The molecule has 2 aromatic carbocycles. The number of carbonyl (C=O) groups is 1. The van der Waals surface area contributed by atoms with E-state index in [-0.39, 0.29) is 11.9 Å². The minimum absolute atomic E-state index is 0.0690. The first kappa shape index (κ1) is 17.2. The maximum atomic E-state index is 12.6. The molecule has 2 aromatic rings. The summed E-state index contributed by atoms with van der Waals surface area (Å²) in [7, 11) is 1.64. The molecule has 0 unspecified atom stereocenters. The van der Waals surface area contributed by atoms with Crippen molar-refractivity contribution >= 4 is 17.7 Å². The third-order valence-electron chi connectivity index (χ3n) is 3.45. The molecule has 0 aliphatic carbocycles. The lowest BCUT2D eigenvalue weighted by Gasteiger charge is -2.16. The Bertz CT molecular complexity index is 667. The van der Waals surface area contributed by atoms with E-state index in [1.807, 2.05) is 61.5 Å². The standard InChI is InChI=1S/C19H21NO2S/c1-4-13-23-18-8-6-5-7-17(18)19(21)20-14(2)15-9-11-16(22-3)12-10-15/h4-12,14H,1,13H2,2-3H3,(H,20,21)/t14-/m1/s1. The van der Waals surface area contributed by atoms with Crippen LogP contribution in [0.15, 0.2) is 66.1 Å². The Labute approximate surface area is 141 Å². The zero-order chi connectivity index (χ0) is 16.7. The molecule has 0 heterocycles. The Hall–Kier alpha value is -2.20. The molecule has 1 atom stereocenters. The monoisotopic (exact) mass is 327 g/mol. The molecule has 120 valence electrons. The molecule has 1 amide bonds. The van der Waals surface area contributed by atoms with E-state index in [2.05, 4.69) is 11.9 Å². The molecular formula is C19H21NO2S. The summed E-state index contributed by atoms with van der Waals surface area (Å²) in [5.74, 6) is 1.51. The second-order valence-electron chi connectivity index (χ2n) is 5.06. The van der Waals surface area contributed by atoms with Gasteiger partial charge in [-0.1, -0.05) is 30.3 Å². The number of ether oxygens (including phenoxy) is 1. The van der Waals surface area contributed by atoms with Crippen molar-refractivity contribution in [2.45, 2.75) is 17.9 Å². The molecule has 23 heavy (non-hydrogen) atoms. The number of hydrogen-bond donors (Lipinski definition) is 1. The predicted octanol–water partition coefficient (Wildman–Crippen LogP) is 4.46. The fourth-order valence-corrected chi connectivity index (χ4v) is 2.97. The summed E-state index contributed by atoms with van der Waals surface area (Å²) in [6.45, 7) is 5.69. The van der Waals surface area contributed by atoms with Crippen LogP contribution in [0.1, 0.15) is 28.9 Å². The van der Waals surface area contributed by atoms with E-state index in [1.165, 1.54) is 0 Å². The largest absolute Gasteiger partial charge is 0.497 e. The Morgan fingerprint density at radius 1 is 1.26 bits per heavy atom. The normalized spacial score (nSPS) is 11.6. The van der Waals surface area contributed by atoms with E-state index >= 15 is 0 Å².